The molecule has 1 N–H and O–H groups in total. The normalized spacial score (nSPS) is 23.7. The van der Waals surface area contributed by atoms with E-state index >= 15 is 0 Å². The summed E-state index contributed by atoms with van der Waals surface area (Å²) in [6.07, 6.45) is 0.643. The zero-order chi connectivity index (χ0) is 15.2. The van der Waals surface area contributed by atoms with Crippen molar-refractivity contribution in [2.45, 2.75) is 11.8 Å². The Hall–Kier alpha value is -2.24. The molecule has 0 radical (unpaired) electrons. The smallest absolute Gasteiger partial charge is 0.317 e. The highest BCUT2D eigenvalue weighted by Gasteiger charge is 2.54. The van der Waals surface area contributed by atoms with Crippen LogP contribution in [0.4, 0.5) is 10.5 Å². The van der Waals surface area contributed by atoms with Crippen molar-refractivity contribution >= 4 is 17.6 Å². The van der Waals surface area contributed by atoms with Crippen molar-refractivity contribution in [3.63, 3.8) is 0 Å². The van der Waals surface area contributed by atoms with Crippen molar-refractivity contribution in [3.05, 3.63) is 23.8 Å². The van der Waals surface area contributed by atoms with Crippen LogP contribution in [0.2, 0.25) is 0 Å². The maximum absolute atomic E-state index is 12.8. The molecule has 0 aliphatic carbocycles. The van der Waals surface area contributed by atoms with Crippen LogP contribution in [-0.4, -0.2) is 51.1 Å². The van der Waals surface area contributed by atoms with Crippen LogP contribution < -0.4 is 15.0 Å². The maximum atomic E-state index is 12.8. The summed E-state index contributed by atoms with van der Waals surface area (Å²) in [5.74, 6) is 0.784. The van der Waals surface area contributed by atoms with E-state index in [1.165, 1.54) is 0 Å². The van der Waals surface area contributed by atoms with Crippen LogP contribution in [0.5, 0.6) is 5.75 Å². The highest BCUT2D eigenvalue weighted by molar-refractivity contribution is 6.08. The van der Waals surface area contributed by atoms with Gasteiger partial charge in [-0.3, -0.25) is 4.79 Å². The second-order valence-corrected chi connectivity index (χ2v) is 5.56. The minimum absolute atomic E-state index is 0.0529. The number of nitrogens with zero attached hydrogens (tertiary/aromatic N) is 2. The molecule has 1 fully saturated rings. The average molecular weight is 289 g/mol. The molecule has 6 nitrogen and oxygen atoms in total. The van der Waals surface area contributed by atoms with Crippen LogP contribution in [0, 0.1) is 0 Å². The third kappa shape index (κ3) is 1.78. The number of urea groups is 1. The van der Waals surface area contributed by atoms with E-state index in [2.05, 4.69) is 5.32 Å². The van der Waals surface area contributed by atoms with Crippen molar-refractivity contribution in [1.29, 1.82) is 0 Å². The van der Waals surface area contributed by atoms with Crippen molar-refractivity contribution in [1.82, 2.24) is 10.2 Å². The number of anilines is 1. The number of carbonyl (C=O) groups is 2. The molecule has 112 valence electrons. The number of benzene rings is 1. The summed E-state index contributed by atoms with van der Waals surface area (Å²) in [5, 5.41) is 2.62. The number of rotatable bonds is 1. The SMILES string of the molecule is CNC(=O)N1CCC2(C1)C(=O)N(C)c1ccc(OC)cc12. The first-order chi connectivity index (χ1) is 10.0. The van der Waals surface area contributed by atoms with Crippen molar-refractivity contribution in [2.75, 3.05) is 39.2 Å². The van der Waals surface area contributed by atoms with E-state index in [-0.39, 0.29) is 11.9 Å². The molecule has 2 heterocycles. The Labute approximate surface area is 123 Å². The first-order valence-electron chi connectivity index (χ1n) is 6.97. The largest absolute Gasteiger partial charge is 0.497 e. The quantitative estimate of drug-likeness (QED) is 0.837. The number of nitrogens with one attached hydrogen (secondary N) is 1. The number of likely N-dealkylation sites (N-methyl/N-ethyl adjacent to an activating group) is 1. The fourth-order valence-electron chi connectivity index (χ4n) is 3.40. The molecule has 21 heavy (non-hydrogen) atoms. The fourth-order valence-corrected chi connectivity index (χ4v) is 3.40. The van der Waals surface area contributed by atoms with Gasteiger partial charge in [0.1, 0.15) is 5.75 Å². The predicted octanol–water partition coefficient (Wildman–Crippen LogP) is 0.954. The van der Waals surface area contributed by atoms with Gasteiger partial charge in [0.2, 0.25) is 5.91 Å². The Bertz CT molecular complexity index is 616. The van der Waals surface area contributed by atoms with Gasteiger partial charge in [-0.15, -0.1) is 0 Å². The van der Waals surface area contributed by atoms with E-state index < -0.39 is 5.41 Å². The summed E-state index contributed by atoms with van der Waals surface area (Å²) >= 11 is 0. The minimum atomic E-state index is -0.634. The van der Waals surface area contributed by atoms with E-state index in [1.807, 2.05) is 18.2 Å². The summed E-state index contributed by atoms with van der Waals surface area (Å²) in [6, 6.07) is 5.54. The lowest BCUT2D eigenvalue weighted by atomic mass is 9.81. The molecule has 2 aliphatic rings. The van der Waals surface area contributed by atoms with Gasteiger partial charge in [-0.25, -0.2) is 4.79 Å². The summed E-state index contributed by atoms with van der Waals surface area (Å²) in [5.41, 5.74) is 1.23. The fraction of sp³-hybridized carbons (Fsp3) is 0.467. The van der Waals surface area contributed by atoms with Crippen LogP contribution in [0.25, 0.3) is 0 Å². The summed E-state index contributed by atoms with van der Waals surface area (Å²) in [4.78, 5) is 28.0. The molecule has 6 heteroatoms. The Morgan fingerprint density at radius 1 is 1.43 bits per heavy atom. The van der Waals surface area contributed by atoms with E-state index in [0.29, 0.717) is 19.5 Å². The van der Waals surface area contributed by atoms with Crippen LogP contribution in [0.3, 0.4) is 0 Å². The van der Waals surface area contributed by atoms with Gasteiger partial charge in [-0.05, 0) is 30.2 Å². The Morgan fingerprint density at radius 2 is 2.19 bits per heavy atom. The number of methoxy groups -OCH3 is 1. The molecule has 1 aromatic rings. The zero-order valence-corrected chi connectivity index (χ0v) is 12.5. The average Bonchev–Trinajstić information content (AvgIpc) is 3.05. The summed E-state index contributed by atoms with van der Waals surface area (Å²) in [6.45, 7) is 0.992. The van der Waals surface area contributed by atoms with E-state index in [1.54, 1.807) is 31.0 Å². The second-order valence-electron chi connectivity index (χ2n) is 5.56. The van der Waals surface area contributed by atoms with Gasteiger partial charge in [-0.1, -0.05) is 0 Å². The first-order valence-corrected chi connectivity index (χ1v) is 6.97. The number of hydrogen-bond acceptors (Lipinski definition) is 3. The zero-order valence-electron chi connectivity index (χ0n) is 12.5. The number of likely N-dealkylation sites (tertiary alicyclic amines) is 1. The first kappa shape index (κ1) is 13.7. The topological polar surface area (TPSA) is 61.9 Å². The highest BCUT2D eigenvalue weighted by atomic mass is 16.5. The molecule has 0 aromatic heterocycles. The molecule has 1 atom stereocenters. The lowest BCUT2D eigenvalue weighted by Gasteiger charge is -2.23. The lowest BCUT2D eigenvalue weighted by Crippen LogP contribution is -2.43. The molecular weight excluding hydrogens is 270 g/mol. The maximum Gasteiger partial charge on any atom is 0.317 e. The van der Waals surface area contributed by atoms with E-state index in [0.717, 1.165) is 17.0 Å². The van der Waals surface area contributed by atoms with E-state index in [4.69, 9.17) is 4.74 Å². The van der Waals surface area contributed by atoms with Gasteiger partial charge in [-0.2, -0.15) is 0 Å². The molecule has 3 rings (SSSR count). The molecule has 1 aromatic carbocycles. The Kier molecular flexibility index (Phi) is 3.04. The highest BCUT2D eigenvalue weighted by Crippen LogP contribution is 2.47. The number of fused-ring (bicyclic) bond motifs is 2. The van der Waals surface area contributed by atoms with Crippen LogP contribution in [0.15, 0.2) is 18.2 Å². The van der Waals surface area contributed by atoms with Crippen LogP contribution in [0.1, 0.15) is 12.0 Å². The van der Waals surface area contributed by atoms with Gasteiger partial charge in [0.25, 0.3) is 0 Å². The predicted molar refractivity (Wildman–Crippen MR) is 78.7 cm³/mol. The summed E-state index contributed by atoms with van der Waals surface area (Å²) in [7, 11) is 5.00. The molecule has 0 saturated carbocycles. The Balaban J connectivity index is 2.05. The monoisotopic (exact) mass is 289 g/mol. The van der Waals surface area contributed by atoms with E-state index in [9.17, 15) is 9.59 Å². The van der Waals surface area contributed by atoms with Gasteiger partial charge >= 0.3 is 6.03 Å². The van der Waals surface area contributed by atoms with Crippen LogP contribution >= 0.6 is 0 Å². The van der Waals surface area contributed by atoms with Gasteiger partial charge in [0.15, 0.2) is 0 Å². The third-order valence-corrected chi connectivity index (χ3v) is 4.57. The number of ether oxygens (including phenoxy) is 1. The third-order valence-electron chi connectivity index (χ3n) is 4.57. The van der Waals surface area contributed by atoms with Gasteiger partial charge < -0.3 is 19.9 Å². The molecule has 0 bridgehead atoms. The molecule has 2 aliphatic heterocycles. The Morgan fingerprint density at radius 3 is 2.86 bits per heavy atom. The number of amides is 3. The molecule has 1 spiro atoms. The van der Waals surface area contributed by atoms with Gasteiger partial charge in [0, 0.05) is 32.9 Å². The van der Waals surface area contributed by atoms with Crippen molar-refractivity contribution in [3.8, 4) is 5.75 Å². The van der Waals surface area contributed by atoms with Crippen molar-refractivity contribution < 1.29 is 14.3 Å². The molecule has 1 unspecified atom stereocenters. The number of carbonyl (C=O) groups excluding carboxylic acids is 2. The molecule has 1 saturated heterocycles. The van der Waals surface area contributed by atoms with Gasteiger partial charge in [0.05, 0.1) is 12.5 Å². The van der Waals surface area contributed by atoms with Crippen LogP contribution in [-0.2, 0) is 10.2 Å². The standard InChI is InChI=1S/C15H19N3O3/c1-16-14(20)18-7-6-15(9-18)11-8-10(21-3)4-5-12(11)17(2)13(15)19/h4-5,8H,6-7,9H2,1-3H3,(H,16,20). The second kappa shape index (κ2) is 4.65. The summed E-state index contributed by atoms with van der Waals surface area (Å²) < 4.78 is 5.29. The minimum Gasteiger partial charge on any atom is -0.497 e. The van der Waals surface area contributed by atoms with Crippen molar-refractivity contribution in [2.24, 2.45) is 0 Å². The lowest BCUT2D eigenvalue weighted by molar-refractivity contribution is -0.122. The molecule has 3 amide bonds. The molecular formula is C15H19N3O3. The number of hydrogen-bond donors (Lipinski definition) is 1.